The van der Waals surface area contributed by atoms with Gasteiger partial charge in [0.25, 0.3) is 0 Å². The van der Waals surface area contributed by atoms with Crippen LogP contribution in [-0.2, 0) is 6.42 Å². The largest absolute Gasteiger partial charge is 0.399 e. The van der Waals surface area contributed by atoms with Gasteiger partial charge in [-0.15, -0.1) is 5.54 Å². The highest BCUT2D eigenvalue weighted by Crippen LogP contribution is 2.40. The summed E-state index contributed by atoms with van der Waals surface area (Å²) in [6.45, 7) is 16.3. The molecule has 21 heavy (non-hydrogen) atoms. The van der Waals surface area contributed by atoms with Crippen molar-refractivity contribution in [3.63, 3.8) is 0 Å². The number of anilines is 1. The summed E-state index contributed by atoms with van der Waals surface area (Å²) >= 11 is 0. The summed E-state index contributed by atoms with van der Waals surface area (Å²) in [5.74, 6) is 3.53. The lowest BCUT2D eigenvalue weighted by molar-refractivity contribution is 0.838. The van der Waals surface area contributed by atoms with Gasteiger partial charge < -0.3 is 5.73 Å². The van der Waals surface area contributed by atoms with Crippen LogP contribution in [0.25, 0.3) is 0 Å². The lowest BCUT2D eigenvalue weighted by Crippen LogP contribution is -2.43. The molecule has 0 amide bonds. The van der Waals surface area contributed by atoms with Gasteiger partial charge in [0.1, 0.15) is 8.07 Å². The minimum absolute atomic E-state index is 0.670. The van der Waals surface area contributed by atoms with Crippen LogP contribution in [0.3, 0.4) is 0 Å². The predicted molar refractivity (Wildman–Crippen MR) is 98.2 cm³/mol. The monoisotopic (exact) mass is 301 g/mol. The van der Waals surface area contributed by atoms with E-state index in [4.69, 9.17) is 5.73 Å². The van der Waals surface area contributed by atoms with E-state index >= 15 is 0 Å². The van der Waals surface area contributed by atoms with Crippen molar-refractivity contribution in [1.82, 2.24) is 0 Å². The maximum atomic E-state index is 5.89. The number of benzene rings is 1. The summed E-state index contributed by atoms with van der Waals surface area (Å²) in [4.78, 5) is 0. The second kappa shape index (κ2) is 7.18. The van der Waals surface area contributed by atoms with Gasteiger partial charge in [0, 0.05) is 11.3 Å². The summed E-state index contributed by atoms with van der Waals surface area (Å²) in [5, 5.41) is 0. The first-order chi connectivity index (χ1) is 9.75. The number of aryl methyl sites for hydroxylation is 1. The molecule has 0 spiro atoms. The van der Waals surface area contributed by atoms with Crippen LogP contribution in [0, 0.1) is 11.5 Å². The first-order valence-corrected chi connectivity index (χ1v) is 10.4. The van der Waals surface area contributed by atoms with E-state index in [9.17, 15) is 0 Å². The average Bonchev–Trinajstić information content (AvgIpc) is 2.39. The molecular weight excluding hydrogens is 270 g/mol. The van der Waals surface area contributed by atoms with Crippen LogP contribution in [0.4, 0.5) is 5.69 Å². The van der Waals surface area contributed by atoms with Crippen molar-refractivity contribution in [3.05, 3.63) is 29.3 Å². The van der Waals surface area contributed by atoms with Gasteiger partial charge in [-0.1, -0.05) is 54.4 Å². The fourth-order valence-electron chi connectivity index (χ4n) is 3.64. The predicted octanol–water partition coefficient (Wildman–Crippen LogP) is 5.40. The summed E-state index contributed by atoms with van der Waals surface area (Å²) in [5.41, 5.74) is 14.9. The van der Waals surface area contributed by atoms with Crippen molar-refractivity contribution in [2.24, 2.45) is 0 Å². The minimum atomic E-state index is -1.65. The van der Waals surface area contributed by atoms with Gasteiger partial charge in [-0.25, -0.2) is 0 Å². The Morgan fingerprint density at radius 2 is 1.52 bits per heavy atom. The molecule has 0 bridgehead atoms. The normalized spacial score (nSPS) is 11.9. The Kier molecular flexibility index (Phi) is 6.10. The number of nitrogen functional groups attached to an aromatic ring is 1. The Morgan fingerprint density at radius 3 is 1.95 bits per heavy atom. The second-order valence-corrected chi connectivity index (χ2v) is 12.5. The van der Waals surface area contributed by atoms with Crippen molar-refractivity contribution in [2.45, 2.75) is 71.5 Å². The molecule has 0 saturated carbocycles. The smallest absolute Gasteiger partial charge is 0.146 e. The van der Waals surface area contributed by atoms with Gasteiger partial charge in [-0.3, -0.25) is 0 Å². The Bertz CT molecular complexity index is 510. The third kappa shape index (κ3) is 3.71. The maximum absolute atomic E-state index is 5.89. The van der Waals surface area contributed by atoms with E-state index in [1.54, 1.807) is 0 Å². The van der Waals surface area contributed by atoms with E-state index in [1.807, 2.05) is 6.07 Å². The molecule has 0 aliphatic rings. The first-order valence-electron chi connectivity index (χ1n) is 8.17. The Morgan fingerprint density at radius 1 is 1.00 bits per heavy atom. The van der Waals surface area contributed by atoms with Crippen LogP contribution in [0.1, 0.15) is 59.6 Å². The van der Waals surface area contributed by atoms with E-state index in [1.165, 1.54) is 5.56 Å². The summed E-state index contributed by atoms with van der Waals surface area (Å²) < 4.78 is 0. The van der Waals surface area contributed by atoms with E-state index in [0.29, 0.717) is 16.6 Å². The van der Waals surface area contributed by atoms with Crippen LogP contribution in [-0.4, -0.2) is 8.07 Å². The summed E-state index contributed by atoms with van der Waals surface area (Å²) in [6, 6.07) is 6.11. The molecule has 0 aromatic heterocycles. The molecule has 2 heteroatoms. The SMILES string of the molecule is CCc1cc(N)ccc1C#C[Si](C(C)C)(C(C)C)C(C)C. The van der Waals surface area contributed by atoms with Gasteiger partial charge in [-0.2, -0.15) is 0 Å². The number of nitrogens with two attached hydrogens (primary N) is 1. The molecule has 2 N–H and O–H groups in total. The molecule has 1 rings (SSSR count). The number of rotatable bonds is 4. The Balaban J connectivity index is 3.35. The summed E-state index contributed by atoms with van der Waals surface area (Å²) in [6.07, 6.45) is 0.981. The van der Waals surface area contributed by atoms with E-state index < -0.39 is 8.07 Å². The quantitative estimate of drug-likeness (QED) is 0.450. The molecule has 0 saturated heterocycles. The second-order valence-electron chi connectivity index (χ2n) is 6.92. The fourth-order valence-corrected chi connectivity index (χ4v) is 8.85. The first kappa shape index (κ1) is 17.8. The topological polar surface area (TPSA) is 26.0 Å². The Hall–Kier alpha value is -1.20. The molecule has 1 aromatic carbocycles. The highest BCUT2D eigenvalue weighted by Gasteiger charge is 2.41. The molecule has 0 atom stereocenters. The zero-order valence-electron chi connectivity index (χ0n) is 14.7. The maximum Gasteiger partial charge on any atom is 0.146 e. The molecule has 0 unspecified atom stereocenters. The Labute approximate surface area is 132 Å². The molecule has 0 fully saturated rings. The standard InChI is InChI=1S/C19H31NSi/c1-8-17-13-19(20)10-9-18(17)11-12-21(14(2)3,15(4)5)16(6)7/h9-10,13-16H,8,20H2,1-7H3. The highest BCUT2D eigenvalue weighted by atomic mass is 28.3. The van der Waals surface area contributed by atoms with E-state index in [-0.39, 0.29) is 0 Å². The third-order valence-electron chi connectivity index (χ3n) is 4.79. The van der Waals surface area contributed by atoms with Crippen LogP contribution in [0.15, 0.2) is 18.2 Å². The zero-order valence-corrected chi connectivity index (χ0v) is 15.7. The molecule has 0 radical (unpaired) electrons. The molecule has 0 aliphatic heterocycles. The van der Waals surface area contributed by atoms with Gasteiger partial charge >= 0.3 is 0 Å². The van der Waals surface area contributed by atoms with Gasteiger partial charge in [0.15, 0.2) is 0 Å². The minimum Gasteiger partial charge on any atom is -0.399 e. The molecular formula is C19H31NSi. The van der Waals surface area contributed by atoms with Gasteiger partial charge in [0.05, 0.1) is 0 Å². The van der Waals surface area contributed by atoms with Crippen molar-refractivity contribution in [2.75, 3.05) is 5.73 Å². The van der Waals surface area contributed by atoms with E-state index in [2.05, 4.69) is 72.1 Å². The molecule has 0 aliphatic carbocycles. The molecule has 1 aromatic rings. The molecule has 0 heterocycles. The summed E-state index contributed by atoms with van der Waals surface area (Å²) in [7, 11) is -1.65. The highest BCUT2D eigenvalue weighted by molar-refractivity contribution is 6.90. The van der Waals surface area contributed by atoms with Crippen LogP contribution >= 0.6 is 0 Å². The average molecular weight is 302 g/mol. The van der Waals surface area contributed by atoms with Crippen LogP contribution < -0.4 is 5.73 Å². The van der Waals surface area contributed by atoms with Crippen molar-refractivity contribution >= 4 is 13.8 Å². The zero-order chi connectivity index (χ0) is 16.2. The number of hydrogen-bond donors (Lipinski definition) is 1. The van der Waals surface area contributed by atoms with Crippen molar-refractivity contribution in [3.8, 4) is 11.5 Å². The van der Waals surface area contributed by atoms with Gasteiger partial charge in [0.2, 0.25) is 0 Å². The number of hydrogen-bond acceptors (Lipinski definition) is 1. The lowest BCUT2D eigenvalue weighted by atomic mass is 10.1. The van der Waals surface area contributed by atoms with Gasteiger partial charge in [-0.05, 0) is 46.8 Å². The van der Waals surface area contributed by atoms with Crippen LogP contribution in [0.5, 0.6) is 0 Å². The van der Waals surface area contributed by atoms with Crippen LogP contribution in [0.2, 0.25) is 16.6 Å². The fraction of sp³-hybridized carbons (Fsp3) is 0.579. The van der Waals surface area contributed by atoms with Crippen molar-refractivity contribution < 1.29 is 0 Å². The third-order valence-corrected chi connectivity index (χ3v) is 11.1. The lowest BCUT2D eigenvalue weighted by Gasteiger charge is -2.38. The van der Waals surface area contributed by atoms with E-state index in [0.717, 1.165) is 17.7 Å². The molecule has 116 valence electrons. The molecule has 1 nitrogen and oxygen atoms in total. The van der Waals surface area contributed by atoms with Crippen molar-refractivity contribution in [1.29, 1.82) is 0 Å².